The molecule has 2 aromatic heterocycles. The topological polar surface area (TPSA) is 66.0 Å². The van der Waals surface area contributed by atoms with Gasteiger partial charge in [-0.2, -0.15) is 0 Å². The van der Waals surface area contributed by atoms with Crippen molar-refractivity contribution in [1.29, 1.82) is 0 Å². The summed E-state index contributed by atoms with van der Waals surface area (Å²) < 4.78 is 0. The smallest absolute Gasteiger partial charge is 0.308 e. The zero-order chi connectivity index (χ0) is 9.97. The molecule has 4 nitrogen and oxygen atoms in total. The van der Waals surface area contributed by atoms with Gasteiger partial charge in [-0.3, -0.25) is 4.79 Å². The van der Waals surface area contributed by atoms with E-state index in [-0.39, 0.29) is 6.42 Å². The molecule has 0 saturated carbocycles. The highest BCUT2D eigenvalue weighted by Crippen LogP contribution is 2.24. The third kappa shape index (κ3) is 1.82. The summed E-state index contributed by atoms with van der Waals surface area (Å²) in [5.74, 6) is -0.825. The van der Waals surface area contributed by atoms with E-state index < -0.39 is 5.97 Å². The van der Waals surface area contributed by atoms with Gasteiger partial charge < -0.3 is 10.1 Å². The molecule has 2 N–H and O–H groups in total. The highest BCUT2D eigenvalue weighted by molar-refractivity contribution is 7.15. The number of aliphatic carboxylic acids is 1. The number of hydrogen-bond donors (Lipinski definition) is 2. The predicted octanol–water partition coefficient (Wildman–Crippen LogP) is 1.77. The van der Waals surface area contributed by atoms with Crippen LogP contribution in [0.15, 0.2) is 24.7 Å². The Hall–Kier alpha value is -1.62. The Morgan fingerprint density at radius 3 is 3.14 bits per heavy atom. The van der Waals surface area contributed by atoms with Crippen LogP contribution < -0.4 is 0 Å². The second kappa shape index (κ2) is 3.63. The van der Waals surface area contributed by atoms with E-state index in [1.807, 2.05) is 18.5 Å². The minimum atomic E-state index is -0.825. The van der Waals surface area contributed by atoms with E-state index in [4.69, 9.17) is 5.11 Å². The van der Waals surface area contributed by atoms with Crippen LogP contribution in [0.3, 0.4) is 0 Å². The average Bonchev–Trinajstić information content (AvgIpc) is 2.69. The van der Waals surface area contributed by atoms with E-state index in [1.54, 1.807) is 6.20 Å². The number of rotatable bonds is 3. The highest BCUT2D eigenvalue weighted by Gasteiger charge is 2.07. The van der Waals surface area contributed by atoms with Crippen LogP contribution in [0.5, 0.6) is 0 Å². The lowest BCUT2D eigenvalue weighted by atomic mass is 10.4. The molecule has 0 atom stereocenters. The van der Waals surface area contributed by atoms with Gasteiger partial charge in [-0.15, -0.1) is 11.3 Å². The number of carboxylic acids is 1. The molecule has 0 amide bonds. The SMILES string of the molecule is O=C(O)Cc1cnc(-c2cc[nH]c2)s1. The number of H-pyrrole nitrogens is 1. The second-order valence-corrected chi connectivity index (χ2v) is 3.92. The first-order chi connectivity index (χ1) is 6.75. The number of thiazole rings is 1. The first-order valence-electron chi connectivity index (χ1n) is 4.05. The van der Waals surface area contributed by atoms with Crippen molar-refractivity contribution < 1.29 is 9.90 Å². The molecule has 2 aromatic rings. The average molecular weight is 208 g/mol. The fourth-order valence-electron chi connectivity index (χ4n) is 1.13. The van der Waals surface area contributed by atoms with Crippen molar-refractivity contribution in [3.8, 4) is 10.6 Å². The minimum absolute atomic E-state index is 0.0437. The van der Waals surface area contributed by atoms with Crippen LogP contribution in [0.1, 0.15) is 4.88 Å². The minimum Gasteiger partial charge on any atom is -0.481 e. The lowest BCUT2D eigenvalue weighted by Crippen LogP contribution is -1.97. The Morgan fingerprint density at radius 1 is 1.64 bits per heavy atom. The Balaban J connectivity index is 2.22. The van der Waals surface area contributed by atoms with E-state index >= 15 is 0 Å². The Bertz CT molecular complexity index is 433. The zero-order valence-corrected chi connectivity index (χ0v) is 8.04. The molecule has 5 heteroatoms. The van der Waals surface area contributed by atoms with Crippen LogP contribution in [0, 0.1) is 0 Å². The summed E-state index contributed by atoms with van der Waals surface area (Å²) in [6.07, 6.45) is 5.31. The van der Waals surface area contributed by atoms with Gasteiger partial charge in [0.05, 0.1) is 6.42 Å². The van der Waals surface area contributed by atoms with E-state index in [1.165, 1.54) is 11.3 Å². The van der Waals surface area contributed by atoms with Gasteiger partial charge in [-0.25, -0.2) is 4.98 Å². The van der Waals surface area contributed by atoms with Gasteiger partial charge in [-0.1, -0.05) is 0 Å². The molecule has 14 heavy (non-hydrogen) atoms. The third-order valence-electron chi connectivity index (χ3n) is 1.72. The van der Waals surface area contributed by atoms with Crippen LogP contribution in [0.4, 0.5) is 0 Å². The summed E-state index contributed by atoms with van der Waals surface area (Å²) in [7, 11) is 0. The Morgan fingerprint density at radius 2 is 2.50 bits per heavy atom. The van der Waals surface area contributed by atoms with Gasteiger partial charge in [0, 0.05) is 29.0 Å². The molecule has 0 radical (unpaired) electrons. The van der Waals surface area contributed by atoms with E-state index in [0.717, 1.165) is 15.4 Å². The van der Waals surface area contributed by atoms with Gasteiger partial charge in [0.15, 0.2) is 0 Å². The van der Waals surface area contributed by atoms with Crippen molar-refractivity contribution in [3.63, 3.8) is 0 Å². The highest BCUT2D eigenvalue weighted by atomic mass is 32.1. The van der Waals surface area contributed by atoms with Crippen LogP contribution >= 0.6 is 11.3 Å². The fraction of sp³-hybridized carbons (Fsp3) is 0.111. The Kier molecular flexibility index (Phi) is 2.32. The maximum Gasteiger partial charge on any atom is 0.308 e. The maximum atomic E-state index is 10.4. The van der Waals surface area contributed by atoms with Crippen molar-refractivity contribution in [2.75, 3.05) is 0 Å². The molecule has 0 fully saturated rings. The first-order valence-corrected chi connectivity index (χ1v) is 4.87. The van der Waals surface area contributed by atoms with Gasteiger partial charge in [0.1, 0.15) is 5.01 Å². The molecular formula is C9H8N2O2S. The van der Waals surface area contributed by atoms with E-state index in [9.17, 15) is 4.79 Å². The zero-order valence-electron chi connectivity index (χ0n) is 7.23. The molecule has 0 spiro atoms. The molecule has 0 aliphatic heterocycles. The summed E-state index contributed by atoms with van der Waals surface area (Å²) in [6.45, 7) is 0. The molecule has 2 rings (SSSR count). The number of hydrogen-bond acceptors (Lipinski definition) is 3. The predicted molar refractivity (Wildman–Crippen MR) is 53.2 cm³/mol. The molecule has 0 aliphatic carbocycles. The molecular weight excluding hydrogens is 200 g/mol. The normalized spacial score (nSPS) is 10.3. The summed E-state index contributed by atoms with van der Waals surface area (Å²) in [6, 6.07) is 1.91. The molecule has 2 heterocycles. The van der Waals surface area contributed by atoms with E-state index in [2.05, 4.69) is 9.97 Å². The molecule has 0 saturated heterocycles. The molecule has 0 aliphatic rings. The largest absolute Gasteiger partial charge is 0.481 e. The molecule has 0 unspecified atom stereocenters. The first kappa shape index (κ1) is 8.96. The number of aromatic amines is 1. The number of nitrogens with zero attached hydrogens (tertiary/aromatic N) is 1. The quantitative estimate of drug-likeness (QED) is 0.807. The standard InChI is InChI=1S/C9H8N2O2S/c12-8(13)3-7-5-11-9(14-7)6-1-2-10-4-6/h1-2,4-5,10H,3H2,(H,12,13). The van der Waals surface area contributed by atoms with Crippen LogP contribution in [-0.4, -0.2) is 21.0 Å². The van der Waals surface area contributed by atoms with Crippen molar-refractivity contribution in [2.45, 2.75) is 6.42 Å². The number of carbonyl (C=O) groups is 1. The second-order valence-electron chi connectivity index (χ2n) is 2.80. The van der Waals surface area contributed by atoms with E-state index in [0.29, 0.717) is 0 Å². The van der Waals surface area contributed by atoms with Crippen LogP contribution in [-0.2, 0) is 11.2 Å². The summed E-state index contributed by atoms with van der Waals surface area (Å²) >= 11 is 1.41. The van der Waals surface area contributed by atoms with Gasteiger partial charge in [-0.05, 0) is 6.07 Å². The van der Waals surface area contributed by atoms with Crippen LogP contribution in [0.2, 0.25) is 0 Å². The van der Waals surface area contributed by atoms with Gasteiger partial charge >= 0.3 is 5.97 Å². The number of aromatic nitrogens is 2. The molecule has 72 valence electrons. The summed E-state index contributed by atoms with van der Waals surface area (Å²) in [4.78, 5) is 18.3. The monoisotopic (exact) mass is 208 g/mol. The van der Waals surface area contributed by atoms with Crippen molar-refractivity contribution >= 4 is 17.3 Å². The summed E-state index contributed by atoms with van der Waals surface area (Å²) in [5.41, 5.74) is 0.992. The lowest BCUT2D eigenvalue weighted by molar-refractivity contribution is -0.136. The third-order valence-corrected chi connectivity index (χ3v) is 2.77. The maximum absolute atomic E-state index is 10.4. The summed E-state index contributed by atoms with van der Waals surface area (Å²) in [5, 5.41) is 9.43. The molecule has 0 bridgehead atoms. The van der Waals surface area contributed by atoms with Gasteiger partial charge in [0.2, 0.25) is 0 Å². The lowest BCUT2D eigenvalue weighted by Gasteiger charge is -1.87. The van der Waals surface area contributed by atoms with Gasteiger partial charge in [0.25, 0.3) is 0 Å². The van der Waals surface area contributed by atoms with Crippen molar-refractivity contribution in [1.82, 2.24) is 9.97 Å². The fourth-order valence-corrected chi connectivity index (χ4v) is 2.03. The number of nitrogens with one attached hydrogen (secondary N) is 1. The Labute approximate surface area is 84.2 Å². The van der Waals surface area contributed by atoms with Crippen molar-refractivity contribution in [2.24, 2.45) is 0 Å². The van der Waals surface area contributed by atoms with Crippen LogP contribution in [0.25, 0.3) is 10.6 Å². The molecule has 0 aromatic carbocycles. The number of carboxylic acid groups (broad SMARTS) is 1. The van der Waals surface area contributed by atoms with Crippen molar-refractivity contribution in [3.05, 3.63) is 29.5 Å².